The molecule has 1 amide bonds. The first-order valence-corrected chi connectivity index (χ1v) is 7.72. The van der Waals surface area contributed by atoms with Crippen molar-refractivity contribution in [2.45, 2.75) is 46.0 Å². The van der Waals surface area contributed by atoms with Crippen LogP contribution in [0.2, 0.25) is 0 Å². The molecule has 1 N–H and O–H groups in total. The SMILES string of the molecule is CCCN(CC1CCNCC1)C(=O)C(C)C1CC1. The lowest BCUT2D eigenvalue weighted by Gasteiger charge is -2.31. The molecule has 1 heterocycles. The molecular formula is C15H28N2O. The van der Waals surface area contributed by atoms with Crippen LogP contribution in [-0.4, -0.2) is 37.0 Å². The summed E-state index contributed by atoms with van der Waals surface area (Å²) in [5.41, 5.74) is 0. The molecule has 1 aliphatic heterocycles. The highest BCUT2D eigenvalue weighted by atomic mass is 16.2. The summed E-state index contributed by atoms with van der Waals surface area (Å²) < 4.78 is 0. The Bertz CT molecular complexity index is 270. The van der Waals surface area contributed by atoms with Gasteiger partial charge in [-0.2, -0.15) is 0 Å². The van der Waals surface area contributed by atoms with Crippen molar-refractivity contribution in [3.8, 4) is 0 Å². The summed E-state index contributed by atoms with van der Waals surface area (Å²) in [6.07, 6.45) is 6.06. The molecule has 0 aromatic rings. The van der Waals surface area contributed by atoms with Crippen molar-refractivity contribution in [1.29, 1.82) is 0 Å². The normalized spacial score (nSPS) is 22.8. The Labute approximate surface area is 111 Å². The molecule has 0 aromatic heterocycles. The van der Waals surface area contributed by atoms with Gasteiger partial charge in [0.05, 0.1) is 0 Å². The highest BCUT2D eigenvalue weighted by Crippen LogP contribution is 2.37. The zero-order chi connectivity index (χ0) is 13.0. The first-order valence-electron chi connectivity index (χ1n) is 7.72. The first kappa shape index (κ1) is 13.9. The van der Waals surface area contributed by atoms with E-state index in [0.29, 0.717) is 17.7 Å². The minimum Gasteiger partial charge on any atom is -0.342 e. The molecule has 104 valence electrons. The van der Waals surface area contributed by atoms with Crippen molar-refractivity contribution in [3.63, 3.8) is 0 Å². The molecule has 1 unspecified atom stereocenters. The second-order valence-corrected chi connectivity index (χ2v) is 6.10. The Morgan fingerprint density at radius 1 is 1.28 bits per heavy atom. The van der Waals surface area contributed by atoms with Gasteiger partial charge in [0.2, 0.25) is 5.91 Å². The molecule has 3 heteroatoms. The summed E-state index contributed by atoms with van der Waals surface area (Å²) in [6, 6.07) is 0. The predicted molar refractivity (Wildman–Crippen MR) is 74.4 cm³/mol. The minimum atomic E-state index is 0.262. The van der Waals surface area contributed by atoms with Gasteiger partial charge in [-0.3, -0.25) is 4.79 Å². The van der Waals surface area contributed by atoms with E-state index in [4.69, 9.17) is 0 Å². The number of nitrogens with zero attached hydrogens (tertiary/aromatic N) is 1. The summed E-state index contributed by atoms with van der Waals surface area (Å²) in [7, 11) is 0. The Hall–Kier alpha value is -0.570. The maximum Gasteiger partial charge on any atom is 0.225 e. The number of piperidine rings is 1. The highest BCUT2D eigenvalue weighted by molar-refractivity contribution is 5.79. The van der Waals surface area contributed by atoms with Gasteiger partial charge in [0.1, 0.15) is 0 Å². The van der Waals surface area contributed by atoms with Crippen molar-refractivity contribution < 1.29 is 4.79 Å². The van der Waals surface area contributed by atoms with Crippen molar-refractivity contribution in [3.05, 3.63) is 0 Å². The molecule has 1 saturated heterocycles. The van der Waals surface area contributed by atoms with Gasteiger partial charge in [0, 0.05) is 19.0 Å². The van der Waals surface area contributed by atoms with Gasteiger partial charge < -0.3 is 10.2 Å². The molecule has 1 atom stereocenters. The quantitative estimate of drug-likeness (QED) is 0.786. The summed E-state index contributed by atoms with van der Waals surface area (Å²) in [5.74, 6) is 2.08. The molecule has 0 bridgehead atoms. The number of amides is 1. The average Bonchev–Trinajstić information content (AvgIpc) is 3.22. The molecule has 0 radical (unpaired) electrons. The molecule has 0 spiro atoms. The summed E-state index contributed by atoms with van der Waals surface area (Å²) in [6.45, 7) is 8.48. The number of carbonyl (C=O) groups excluding carboxylic acids is 1. The lowest BCUT2D eigenvalue weighted by atomic mass is 9.96. The van der Waals surface area contributed by atoms with E-state index >= 15 is 0 Å². The molecule has 1 saturated carbocycles. The van der Waals surface area contributed by atoms with Crippen molar-refractivity contribution in [2.75, 3.05) is 26.2 Å². The first-order chi connectivity index (χ1) is 8.72. The van der Waals surface area contributed by atoms with Crippen molar-refractivity contribution in [1.82, 2.24) is 10.2 Å². The van der Waals surface area contributed by atoms with Crippen LogP contribution in [0.15, 0.2) is 0 Å². The van der Waals surface area contributed by atoms with Gasteiger partial charge in [-0.25, -0.2) is 0 Å². The van der Waals surface area contributed by atoms with Crippen LogP contribution in [0.5, 0.6) is 0 Å². The third-order valence-corrected chi connectivity index (χ3v) is 4.46. The maximum atomic E-state index is 12.5. The zero-order valence-electron chi connectivity index (χ0n) is 12.0. The van der Waals surface area contributed by atoms with E-state index in [1.54, 1.807) is 0 Å². The van der Waals surface area contributed by atoms with E-state index in [-0.39, 0.29) is 5.92 Å². The number of hydrogen-bond donors (Lipinski definition) is 1. The van der Waals surface area contributed by atoms with Crippen LogP contribution in [0.25, 0.3) is 0 Å². The van der Waals surface area contributed by atoms with Crippen LogP contribution in [0, 0.1) is 17.8 Å². The van der Waals surface area contributed by atoms with Gasteiger partial charge in [-0.15, -0.1) is 0 Å². The fourth-order valence-electron chi connectivity index (χ4n) is 3.02. The zero-order valence-corrected chi connectivity index (χ0v) is 12.0. The largest absolute Gasteiger partial charge is 0.342 e. The number of carbonyl (C=O) groups is 1. The summed E-state index contributed by atoms with van der Waals surface area (Å²) in [4.78, 5) is 14.7. The Morgan fingerprint density at radius 3 is 2.50 bits per heavy atom. The monoisotopic (exact) mass is 252 g/mol. The number of nitrogens with one attached hydrogen (secondary N) is 1. The van der Waals surface area contributed by atoms with Gasteiger partial charge in [-0.1, -0.05) is 13.8 Å². The van der Waals surface area contributed by atoms with E-state index in [2.05, 4.69) is 24.1 Å². The van der Waals surface area contributed by atoms with Gasteiger partial charge in [0.25, 0.3) is 0 Å². The van der Waals surface area contributed by atoms with E-state index < -0.39 is 0 Å². The van der Waals surface area contributed by atoms with Crippen LogP contribution in [0.3, 0.4) is 0 Å². The third kappa shape index (κ3) is 3.71. The molecule has 0 aromatic carbocycles. The molecule has 1 aliphatic carbocycles. The van der Waals surface area contributed by atoms with Crippen LogP contribution >= 0.6 is 0 Å². The third-order valence-electron chi connectivity index (χ3n) is 4.46. The second kappa shape index (κ2) is 6.55. The topological polar surface area (TPSA) is 32.3 Å². The lowest BCUT2D eigenvalue weighted by molar-refractivity contribution is -0.136. The fraction of sp³-hybridized carbons (Fsp3) is 0.933. The van der Waals surface area contributed by atoms with E-state index in [0.717, 1.165) is 32.6 Å². The Kier molecular flexibility index (Phi) is 5.04. The van der Waals surface area contributed by atoms with Crippen LogP contribution < -0.4 is 5.32 Å². The Morgan fingerprint density at radius 2 is 1.94 bits per heavy atom. The standard InChI is InChI=1S/C15H28N2O/c1-3-10-17(11-13-6-8-16-9-7-13)15(18)12(2)14-4-5-14/h12-14,16H,3-11H2,1-2H3. The molecular weight excluding hydrogens is 224 g/mol. The van der Waals surface area contributed by atoms with E-state index in [1.165, 1.54) is 25.7 Å². The summed E-state index contributed by atoms with van der Waals surface area (Å²) >= 11 is 0. The fourth-order valence-corrected chi connectivity index (χ4v) is 3.02. The van der Waals surface area contributed by atoms with Gasteiger partial charge in [-0.05, 0) is 57.0 Å². The Balaban J connectivity index is 1.86. The molecule has 18 heavy (non-hydrogen) atoms. The average molecular weight is 252 g/mol. The molecule has 2 fully saturated rings. The van der Waals surface area contributed by atoms with Crippen LogP contribution in [0.1, 0.15) is 46.0 Å². The highest BCUT2D eigenvalue weighted by Gasteiger charge is 2.35. The smallest absolute Gasteiger partial charge is 0.225 e. The predicted octanol–water partition coefficient (Wildman–Crippen LogP) is 2.27. The van der Waals surface area contributed by atoms with E-state index in [9.17, 15) is 4.79 Å². The van der Waals surface area contributed by atoms with Crippen LogP contribution in [0.4, 0.5) is 0 Å². The molecule has 2 rings (SSSR count). The van der Waals surface area contributed by atoms with Crippen molar-refractivity contribution >= 4 is 5.91 Å². The van der Waals surface area contributed by atoms with Crippen LogP contribution in [-0.2, 0) is 4.79 Å². The summed E-state index contributed by atoms with van der Waals surface area (Å²) in [5, 5.41) is 3.40. The number of rotatable bonds is 6. The number of hydrogen-bond acceptors (Lipinski definition) is 2. The van der Waals surface area contributed by atoms with Crippen molar-refractivity contribution in [2.24, 2.45) is 17.8 Å². The maximum absolute atomic E-state index is 12.5. The van der Waals surface area contributed by atoms with Gasteiger partial charge in [0.15, 0.2) is 0 Å². The lowest BCUT2D eigenvalue weighted by Crippen LogP contribution is -2.42. The molecule has 2 aliphatic rings. The van der Waals surface area contributed by atoms with Gasteiger partial charge >= 0.3 is 0 Å². The second-order valence-electron chi connectivity index (χ2n) is 6.10. The minimum absolute atomic E-state index is 0.262. The van der Waals surface area contributed by atoms with E-state index in [1.807, 2.05) is 0 Å². The molecule has 3 nitrogen and oxygen atoms in total.